The minimum atomic E-state index is -0.397. The van der Waals surface area contributed by atoms with E-state index >= 15 is 0 Å². The number of fused-ring (bicyclic) bond motifs is 2. The van der Waals surface area contributed by atoms with Crippen LogP contribution in [0.2, 0.25) is 0 Å². The lowest BCUT2D eigenvalue weighted by Crippen LogP contribution is -2.24. The summed E-state index contributed by atoms with van der Waals surface area (Å²) in [6, 6.07) is 14.5. The number of aliphatic hydroxyl groups is 1. The minimum absolute atomic E-state index is 0.000222. The van der Waals surface area contributed by atoms with E-state index in [9.17, 15) is 9.59 Å². The summed E-state index contributed by atoms with van der Waals surface area (Å²) >= 11 is 1.41. The Hall–Kier alpha value is -2.84. The number of thioether (sulfide) groups is 1. The van der Waals surface area contributed by atoms with Crippen LogP contribution in [0, 0.1) is 0 Å². The highest BCUT2D eigenvalue weighted by Gasteiger charge is 2.13. The maximum atomic E-state index is 12.8. The van der Waals surface area contributed by atoms with E-state index in [0.29, 0.717) is 46.9 Å². The van der Waals surface area contributed by atoms with E-state index in [1.165, 1.54) is 11.8 Å². The summed E-state index contributed by atoms with van der Waals surface area (Å²) in [4.78, 5) is 29.6. The fraction of sp³-hybridized carbons (Fsp3) is 0.250. The summed E-state index contributed by atoms with van der Waals surface area (Å²) in [5, 5.41) is 10.3. The Morgan fingerprint density at radius 2 is 1.79 bits per heavy atom. The summed E-state index contributed by atoms with van der Waals surface area (Å²) in [5.74, 6) is 0.152. The first kappa shape index (κ1) is 18.5. The molecule has 0 saturated heterocycles. The molecular formula is C20H19N3O4S. The first-order valence-corrected chi connectivity index (χ1v) is 9.99. The Bertz CT molecular complexity index is 1240. The van der Waals surface area contributed by atoms with Crippen LogP contribution in [0.3, 0.4) is 0 Å². The van der Waals surface area contributed by atoms with E-state index in [-0.39, 0.29) is 12.2 Å². The van der Waals surface area contributed by atoms with Crippen LogP contribution in [0.5, 0.6) is 0 Å². The van der Waals surface area contributed by atoms with E-state index in [1.807, 2.05) is 36.4 Å². The predicted octanol–water partition coefficient (Wildman–Crippen LogP) is 2.48. The molecule has 28 heavy (non-hydrogen) atoms. The van der Waals surface area contributed by atoms with Gasteiger partial charge in [0.15, 0.2) is 10.7 Å². The van der Waals surface area contributed by atoms with Crippen LogP contribution in [0.15, 0.2) is 67.7 Å². The zero-order valence-electron chi connectivity index (χ0n) is 15.1. The highest BCUT2D eigenvalue weighted by molar-refractivity contribution is 7.99. The van der Waals surface area contributed by atoms with Crippen LogP contribution >= 0.6 is 11.8 Å². The number of benzene rings is 2. The van der Waals surface area contributed by atoms with Gasteiger partial charge in [0.1, 0.15) is 0 Å². The third kappa shape index (κ3) is 3.48. The van der Waals surface area contributed by atoms with Crippen LogP contribution in [-0.2, 0) is 13.1 Å². The molecule has 0 unspecified atom stereocenters. The number of nitrogens with zero attached hydrogens (tertiary/aromatic N) is 3. The first-order chi connectivity index (χ1) is 13.7. The second-order valence-electron chi connectivity index (χ2n) is 6.28. The van der Waals surface area contributed by atoms with Crippen LogP contribution < -0.4 is 11.3 Å². The fourth-order valence-corrected chi connectivity index (χ4v) is 4.09. The van der Waals surface area contributed by atoms with Crippen molar-refractivity contribution in [2.45, 2.75) is 24.7 Å². The molecule has 0 aliphatic heterocycles. The third-order valence-corrected chi connectivity index (χ3v) is 5.44. The molecule has 0 atom stereocenters. The maximum Gasteiger partial charge on any atom is 0.419 e. The molecular weight excluding hydrogens is 378 g/mol. The van der Waals surface area contributed by atoms with E-state index in [4.69, 9.17) is 9.52 Å². The molecule has 0 amide bonds. The van der Waals surface area contributed by atoms with Crippen LogP contribution in [0.1, 0.15) is 6.42 Å². The molecule has 8 heteroatoms. The quantitative estimate of drug-likeness (QED) is 0.381. The molecule has 4 rings (SSSR count). The zero-order chi connectivity index (χ0) is 19.5. The van der Waals surface area contributed by atoms with Gasteiger partial charge in [-0.1, -0.05) is 36.0 Å². The lowest BCUT2D eigenvalue weighted by atomic mass is 10.2. The van der Waals surface area contributed by atoms with E-state index in [2.05, 4.69) is 4.98 Å². The molecule has 144 valence electrons. The molecule has 2 heterocycles. The van der Waals surface area contributed by atoms with Gasteiger partial charge in [0, 0.05) is 25.4 Å². The summed E-state index contributed by atoms with van der Waals surface area (Å²) < 4.78 is 8.43. The predicted molar refractivity (Wildman–Crippen MR) is 109 cm³/mol. The SMILES string of the molecule is O=c1c2ccccc2nc(SCCn2c(=O)oc3ccccc32)n1CCCO. The third-order valence-electron chi connectivity index (χ3n) is 4.49. The van der Waals surface area contributed by atoms with Gasteiger partial charge in [-0.2, -0.15) is 0 Å². The van der Waals surface area contributed by atoms with Crippen molar-refractivity contribution in [2.75, 3.05) is 12.4 Å². The first-order valence-electron chi connectivity index (χ1n) is 9.00. The lowest BCUT2D eigenvalue weighted by Gasteiger charge is -2.12. The highest BCUT2D eigenvalue weighted by atomic mass is 32.2. The average Bonchev–Trinajstić information content (AvgIpc) is 3.03. The zero-order valence-corrected chi connectivity index (χ0v) is 15.9. The summed E-state index contributed by atoms with van der Waals surface area (Å²) in [5.41, 5.74) is 1.83. The second-order valence-corrected chi connectivity index (χ2v) is 7.34. The van der Waals surface area contributed by atoms with E-state index in [1.54, 1.807) is 21.3 Å². The Balaban J connectivity index is 1.62. The highest BCUT2D eigenvalue weighted by Crippen LogP contribution is 2.19. The van der Waals surface area contributed by atoms with Gasteiger partial charge >= 0.3 is 5.76 Å². The molecule has 7 nitrogen and oxygen atoms in total. The molecule has 0 aliphatic carbocycles. The van der Waals surface area contributed by atoms with Crippen molar-refractivity contribution in [1.82, 2.24) is 14.1 Å². The van der Waals surface area contributed by atoms with Gasteiger partial charge in [-0.05, 0) is 30.7 Å². The van der Waals surface area contributed by atoms with Gasteiger partial charge in [-0.3, -0.25) is 13.9 Å². The molecule has 1 N–H and O–H groups in total. The topological polar surface area (TPSA) is 90.3 Å². The van der Waals surface area contributed by atoms with Gasteiger partial charge in [0.2, 0.25) is 0 Å². The lowest BCUT2D eigenvalue weighted by molar-refractivity contribution is 0.276. The standard InChI is InChI=1S/C20H19N3O4S/c24-12-5-10-23-18(25)14-6-1-2-7-15(14)21-19(23)28-13-11-22-16-8-3-4-9-17(16)27-20(22)26/h1-4,6-9,24H,5,10-13H2. The molecule has 2 aromatic heterocycles. The molecule has 0 bridgehead atoms. The molecule has 2 aromatic carbocycles. The summed E-state index contributed by atoms with van der Waals surface area (Å²) in [6.07, 6.45) is 0.472. The Morgan fingerprint density at radius 3 is 2.64 bits per heavy atom. The number of aromatic nitrogens is 3. The van der Waals surface area contributed by atoms with Gasteiger partial charge in [0.05, 0.1) is 16.4 Å². The number of oxazole rings is 1. The Labute approximate surface area is 164 Å². The fourth-order valence-electron chi connectivity index (χ4n) is 3.14. The van der Waals surface area contributed by atoms with Crippen molar-refractivity contribution < 1.29 is 9.52 Å². The van der Waals surface area contributed by atoms with Crippen molar-refractivity contribution in [3.05, 3.63) is 69.4 Å². The Kier molecular flexibility index (Phi) is 5.31. The van der Waals surface area contributed by atoms with E-state index < -0.39 is 5.76 Å². The maximum absolute atomic E-state index is 12.8. The van der Waals surface area contributed by atoms with Gasteiger partial charge in [-0.25, -0.2) is 9.78 Å². The molecule has 4 aromatic rings. The van der Waals surface area contributed by atoms with Crippen molar-refractivity contribution in [2.24, 2.45) is 0 Å². The van der Waals surface area contributed by atoms with Gasteiger partial charge in [0.25, 0.3) is 5.56 Å². The smallest absolute Gasteiger partial charge is 0.408 e. The molecule has 0 saturated carbocycles. The van der Waals surface area contributed by atoms with Crippen LogP contribution in [0.25, 0.3) is 22.0 Å². The second kappa shape index (κ2) is 8.04. The summed E-state index contributed by atoms with van der Waals surface area (Å²) in [7, 11) is 0. The number of aliphatic hydroxyl groups excluding tert-OH is 1. The van der Waals surface area contributed by atoms with Gasteiger partial charge in [-0.15, -0.1) is 0 Å². The Morgan fingerprint density at radius 1 is 1.00 bits per heavy atom. The largest absolute Gasteiger partial charge is 0.419 e. The number of aryl methyl sites for hydroxylation is 1. The summed E-state index contributed by atoms with van der Waals surface area (Å²) in [6.45, 7) is 0.826. The normalized spacial score (nSPS) is 11.5. The number of hydrogen-bond acceptors (Lipinski definition) is 6. The number of para-hydroxylation sites is 3. The van der Waals surface area contributed by atoms with E-state index in [0.717, 1.165) is 5.52 Å². The molecule has 0 fully saturated rings. The van der Waals surface area contributed by atoms with Crippen LogP contribution in [0.4, 0.5) is 0 Å². The van der Waals surface area contributed by atoms with Gasteiger partial charge < -0.3 is 9.52 Å². The molecule has 0 aliphatic rings. The van der Waals surface area contributed by atoms with Crippen molar-refractivity contribution in [3.63, 3.8) is 0 Å². The van der Waals surface area contributed by atoms with Crippen molar-refractivity contribution in [1.29, 1.82) is 0 Å². The minimum Gasteiger partial charge on any atom is -0.408 e. The molecule has 0 spiro atoms. The molecule has 0 radical (unpaired) electrons. The number of hydrogen-bond donors (Lipinski definition) is 1. The average molecular weight is 397 g/mol. The monoisotopic (exact) mass is 397 g/mol. The number of rotatable bonds is 7. The van der Waals surface area contributed by atoms with Crippen molar-refractivity contribution >= 4 is 33.8 Å². The van der Waals surface area contributed by atoms with Crippen molar-refractivity contribution in [3.8, 4) is 0 Å². The van der Waals surface area contributed by atoms with Crippen LogP contribution in [-0.4, -0.2) is 31.6 Å².